The Labute approximate surface area is 125 Å². The second-order valence-corrected chi connectivity index (χ2v) is 6.20. The molecule has 1 atom stereocenters. The maximum atomic E-state index is 11.8. The minimum Gasteiger partial charge on any atom is -0.444 e. The van der Waals surface area contributed by atoms with Crippen molar-refractivity contribution in [1.82, 2.24) is 19.8 Å². The highest BCUT2D eigenvalue weighted by atomic mass is 16.6. The first kappa shape index (κ1) is 17.5. The molecule has 0 fully saturated rings. The van der Waals surface area contributed by atoms with E-state index in [1.165, 1.54) is 0 Å². The Hall–Kier alpha value is -1.60. The number of imidazole rings is 1. The Morgan fingerprint density at radius 2 is 2.19 bits per heavy atom. The summed E-state index contributed by atoms with van der Waals surface area (Å²) in [4.78, 5) is 18.0. The van der Waals surface area contributed by atoms with Gasteiger partial charge in [0.15, 0.2) is 0 Å². The van der Waals surface area contributed by atoms with Gasteiger partial charge in [-0.3, -0.25) is 0 Å². The molecule has 1 heterocycles. The first-order valence-corrected chi connectivity index (χ1v) is 6.98. The first-order chi connectivity index (χ1) is 9.73. The van der Waals surface area contributed by atoms with Gasteiger partial charge in [0, 0.05) is 13.1 Å². The molecular formula is C14H26N4O3. The quantitative estimate of drug-likeness (QED) is 0.819. The zero-order valence-electron chi connectivity index (χ0n) is 13.5. The molecule has 0 radical (unpaired) electrons. The minimum absolute atomic E-state index is 0.215. The van der Waals surface area contributed by atoms with Crippen LogP contribution in [0.3, 0.4) is 0 Å². The number of likely N-dealkylation sites (N-methyl/N-ethyl adjacent to an activating group) is 1. The summed E-state index contributed by atoms with van der Waals surface area (Å²) in [6, 6.07) is -0.537. The van der Waals surface area contributed by atoms with Gasteiger partial charge >= 0.3 is 6.09 Å². The van der Waals surface area contributed by atoms with E-state index in [9.17, 15) is 9.90 Å². The average Bonchev–Trinajstić information content (AvgIpc) is 2.79. The van der Waals surface area contributed by atoms with E-state index in [0.717, 1.165) is 18.8 Å². The fourth-order valence-corrected chi connectivity index (χ4v) is 1.78. The van der Waals surface area contributed by atoms with Gasteiger partial charge in [-0.15, -0.1) is 0 Å². The highest BCUT2D eigenvalue weighted by molar-refractivity contribution is 5.68. The summed E-state index contributed by atoms with van der Waals surface area (Å²) in [6.07, 6.45) is 2.79. The van der Waals surface area contributed by atoms with Crippen LogP contribution in [-0.4, -0.2) is 58.5 Å². The highest BCUT2D eigenvalue weighted by Gasteiger charge is 2.22. The Balaban J connectivity index is 2.72. The lowest BCUT2D eigenvalue weighted by atomic mass is 10.2. The van der Waals surface area contributed by atoms with Crippen molar-refractivity contribution in [3.8, 4) is 0 Å². The van der Waals surface area contributed by atoms with Crippen molar-refractivity contribution < 1.29 is 14.6 Å². The van der Waals surface area contributed by atoms with Crippen LogP contribution < -0.4 is 5.32 Å². The number of hydrogen-bond acceptors (Lipinski definition) is 5. The normalized spacial score (nSPS) is 13.3. The van der Waals surface area contributed by atoms with Crippen LogP contribution in [-0.2, 0) is 11.3 Å². The molecular weight excluding hydrogens is 272 g/mol. The second kappa shape index (κ2) is 7.42. The zero-order valence-corrected chi connectivity index (χ0v) is 13.5. The van der Waals surface area contributed by atoms with E-state index in [1.807, 2.05) is 18.7 Å². The third-order valence-electron chi connectivity index (χ3n) is 2.76. The van der Waals surface area contributed by atoms with Gasteiger partial charge in [-0.1, -0.05) is 0 Å². The molecule has 0 aliphatic heterocycles. The Bertz CT molecular complexity index is 451. The molecule has 120 valence electrons. The molecule has 7 nitrogen and oxygen atoms in total. The lowest BCUT2D eigenvalue weighted by molar-refractivity contribution is 0.0478. The Kier molecular flexibility index (Phi) is 6.17. The maximum Gasteiger partial charge on any atom is 0.408 e. The summed E-state index contributed by atoms with van der Waals surface area (Å²) in [5.74, 6) is 0. The minimum atomic E-state index is -0.574. The van der Waals surface area contributed by atoms with Crippen LogP contribution in [0, 0.1) is 0 Å². The number of nitrogens with one attached hydrogen (secondary N) is 1. The molecule has 1 unspecified atom stereocenters. The maximum absolute atomic E-state index is 11.8. The average molecular weight is 298 g/mol. The third kappa shape index (κ3) is 6.14. The van der Waals surface area contributed by atoms with Crippen LogP contribution in [0.2, 0.25) is 0 Å². The number of alkyl carbamates (subject to hydrolysis) is 1. The number of hydrogen-bond donors (Lipinski definition) is 2. The molecule has 0 aromatic carbocycles. The van der Waals surface area contributed by atoms with Crippen molar-refractivity contribution in [1.29, 1.82) is 0 Å². The number of ether oxygens (including phenoxy) is 1. The molecule has 1 rings (SSSR count). The molecule has 0 saturated heterocycles. The van der Waals surface area contributed by atoms with Crippen LogP contribution in [0.1, 0.15) is 32.5 Å². The van der Waals surface area contributed by atoms with Gasteiger partial charge in [0.25, 0.3) is 0 Å². The molecule has 0 bridgehead atoms. The van der Waals surface area contributed by atoms with Gasteiger partial charge in [-0.05, 0) is 34.9 Å². The summed E-state index contributed by atoms with van der Waals surface area (Å²) in [7, 11) is 3.97. The van der Waals surface area contributed by atoms with E-state index in [1.54, 1.807) is 33.3 Å². The molecule has 7 heteroatoms. The fraction of sp³-hybridized carbons (Fsp3) is 0.714. The predicted octanol–water partition coefficient (Wildman–Crippen LogP) is 1.00. The van der Waals surface area contributed by atoms with E-state index in [2.05, 4.69) is 15.2 Å². The molecule has 21 heavy (non-hydrogen) atoms. The van der Waals surface area contributed by atoms with Crippen LogP contribution in [0.4, 0.5) is 4.79 Å². The van der Waals surface area contributed by atoms with Crippen molar-refractivity contribution in [2.45, 2.75) is 39.0 Å². The van der Waals surface area contributed by atoms with Gasteiger partial charge in [0.2, 0.25) is 0 Å². The van der Waals surface area contributed by atoms with E-state index >= 15 is 0 Å². The smallest absolute Gasteiger partial charge is 0.408 e. The van der Waals surface area contributed by atoms with Crippen LogP contribution in [0.15, 0.2) is 12.5 Å². The summed E-state index contributed by atoms with van der Waals surface area (Å²) in [5, 5.41) is 12.2. The largest absolute Gasteiger partial charge is 0.444 e. The SMILES string of the molecule is CN(C)CCn1cncc1C(CO)NC(=O)OC(C)(C)C. The Morgan fingerprint density at radius 3 is 2.71 bits per heavy atom. The van der Waals surface area contributed by atoms with Gasteiger partial charge in [-0.25, -0.2) is 9.78 Å². The van der Waals surface area contributed by atoms with E-state index in [4.69, 9.17) is 4.74 Å². The van der Waals surface area contributed by atoms with Crippen LogP contribution in [0.5, 0.6) is 0 Å². The fourth-order valence-electron chi connectivity index (χ4n) is 1.78. The van der Waals surface area contributed by atoms with Crippen molar-refractivity contribution >= 4 is 6.09 Å². The number of aliphatic hydroxyl groups excluding tert-OH is 1. The highest BCUT2D eigenvalue weighted by Crippen LogP contribution is 2.14. The Morgan fingerprint density at radius 1 is 1.52 bits per heavy atom. The molecule has 0 saturated carbocycles. The third-order valence-corrected chi connectivity index (χ3v) is 2.76. The van der Waals surface area contributed by atoms with Gasteiger partial charge in [-0.2, -0.15) is 0 Å². The molecule has 0 spiro atoms. The topological polar surface area (TPSA) is 79.6 Å². The number of amides is 1. The van der Waals surface area contributed by atoms with E-state index < -0.39 is 17.7 Å². The van der Waals surface area contributed by atoms with Crippen molar-refractivity contribution in [3.05, 3.63) is 18.2 Å². The second-order valence-electron chi connectivity index (χ2n) is 6.20. The molecule has 1 amide bonds. The van der Waals surface area contributed by atoms with Crippen LogP contribution >= 0.6 is 0 Å². The van der Waals surface area contributed by atoms with Gasteiger partial charge < -0.3 is 24.6 Å². The summed E-state index contributed by atoms with van der Waals surface area (Å²) < 4.78 is 7.12. The van der Waals surface area contributed by atoms with Crippen LogP contribution in [0.25, 0.3) is 0 Å². The summed E-state index contributed by atoms with van der Waals surface area (Å²) >= 11 is 0. The number of nitrogens with zero attached hydrogens (tertiary/aromatic N) is 3. The molecule has 1 aromatic rings. The van der Waals surface area contributed by atoms with E-state index in [0.29, 0.717) is 0 Å². The first-order valence-electron chi connectivity index (χ1n) is 6.98. The number of aromatic nitrogens is 2. The molecule has 2 N–H and O–H groups in total. The lowest BCUT2D eigenvalue weighted by Gasteiger charge is -2.23. The monoisotopic (exact) mass is 298 g/mol. The van der Waals surface area contributed by atoms with Crippen molar-refractivity contribution in [2.24, 2.45) is 0 Å². The number of carbonyl (C=O) groups excluding carboxylic acids is 1. The van der Waals surface area contributed by atoms with E-state index in [-0.39, 0.29) is 6.61 Å². The summed E-state index contributed by atoms with van der Waals surface area (Å²) in [5.41, 5.74) is 0.181. The molecule has 0 aliphatic rings. The predicted molar refractivity (Wildman–Crippen MR) is 80.0 cm³/mol. The summed E-state index contributed by atoms with van der Waals surface area (Å²) in [6.45, 7) is 6.74. The van der Waals surface area contributed by atoms with Gasteiger partial charge in [0.1, 0.15) is 5.60 Å². The van der Waals surface area contributed by atoms with Crippen molar-refractivity contribution in [2.75, 3.05) is 27.2 Å². The molecule has 0 aliphatic carbocycles. The zero-order chi connectivity index (χ0) is 16.0. The van der Waals surface area contributed by atoms with Gasteiger partial charge in [0.05, 0.1) is 30.9 Å². The number of aliphatic hydroxyl groups is 1. The number of carbonyl (C=O) groups is 1. The molecule has 1 aromatic heterocycles. The standard InChI is InChI=1S/C14H26N4O3/c1-14(2,3)21-13(20)16-11(9-19)12-8-15-10-18(12)7-6-17(4)5/h8,10-11,19H,6-7,9H2,1-5H3,(H,16,20). The van der Waals surface area contributed by atoms with Crippen molar-refractivity contribution in [3.63, 3.8) is 0 Å². The lowest BCUT2D eigenvalue weighted by Crippen LogP contribution is -2.37. The number of rotatable bonds is 6.